The van der Waals surface area contributed by atoms with Crippen molar-refractivity contribution in [3.8, 4) is 0 Å². The first-order valence-corrected chi connectivity index (χ1v) is 5.42. The Labute approximate surface area is 93.8 Å². The number of hydrogen-bond donors (Lipinski definition) is 1. The first-order valence-electron chi connectivity index (χ1n) is 6.58. The van der Waals surface area contributed by atoms with Gasteiger partial charge in [0.25, 0.3) is 0 Å². The fourth-order valence-electron chi connectivity index (χ4n) is 1.88. The van der Waals surface area contributed by atoms with Crippen LogP contribution in [0.5, 0.6) is 0 Å². The molecule has 0 aromatic rings. The Morgan fingerprint density at radius 3 is 3.33 bits per heavy atom. The SMILES string of the molecule is [2H][13CH]([2H])CC1CCC[15N]1[13CH2]C(=O)[15NH]CC[13CH]=O. The molecule has 0 radical (unpaired) electrons. The van der Waals surface area contributed by atoms with Crippen LogP contribution in [0.2, 0.25) is 0 Å². The molecule has 0 aromatic carbocycles. The van der Waals surface area contributed by atoms with E-state index in [-0.39, 0.29) is 11.9 Å². The maximum atomic E-state index is 11.5. The molecule has 0 saturated carbocycles. The average molecular weight is 219 g/mol. The molecule has 1 aliphatic rings. The van der Waals surface area contributed by atoms with E-state index in [0.29, 0.717) is 25.9 Å². The Morgan fingerprint density at radius 1 is 1.73 bits per heavy atom. The Balaban J connectivity index is 2.28. The number of carbonyl (C=O) groups is 2. The Hall–Kier alpha value is -0.900. The van der Waals surface area contributed by atoms with E-state index >= 15 is 0 Å². The van der Waals surface area contributed by atoms with Crippen molar-refractivity contribution in [2.24, 2.45) is 0 Å². The van der Waals surface area contributed by atoms with Crippen LogP contribution in [0.3, 0.4) is 0 Å². The van der Waals surface area contributed by atoms with Crippen molar-refractivity contribution < 1.29 is 12.3 Å². The number of likely N-dealkylation sites (tertiary alicyclic amines) is 1. The molecule has 1 rings (SSSR count). The lowest BCUT2D eigenvalue weighted by molar-refractivity contribution is -0.122. The van der Waals surface area contributed by atoms with Gasteiger partial charge in [-0.05, 0) is 25.8 Å². The summed E-state index contributed by atoms with van der Waals surface area (Å²) in [5.74, 6) is -0.0785. The van der Waals surface area contributed by atoms with Crippen LogP contribution in [-0.2, 0) is 9.59 Å². The third kappa shape index (κ3) is 4.00. The minimum Gasteiger partial charge on any atom is -0.355 e. The Morgan fingerprint density at radius 2 is 2.60 bits per heavy atom. The highest BCUT2D eigenvalue weighted by Crippen LogP contribution is 2.18. The van der Waals surface area contributed by atoms with Crippen molar-refractivity contribution in [3.05, 3.63) is 0 Å². The topological polar surface area (TPSA) is 49.4 Å². The van der Waals surface area contributed by atoms with Crippen molar-refractivity contribution in [3.63, 3.8) is 0 Å². The summed E-state index contributed by atoms with van der Waals surface area (Å²) >= 11 is 0. The van der Waals surface area contributed by atoms with Crippen molar-refractivity contribution in [2.45, 2.75) is 38.6 Å². The van der Waals surface area contributed by atoms with E-state index in [0.717, 1.165) is 25.7 Å². The van der Waals surface area contributed by atoms with Crippen LogP contribution in [0.4, 0.5) is 0 Å². The molecule has 1 N–H and O–H groups in total. The van der Waals surface area contributed by atoms with Crippen LogP contribution in [0.1, 0.15) is 35.3 Å². The second kappa shape index (κ2) is 6.56. The third-order valence-corrected chi connectivity index (χ3v) is 2.70. The molecule has 0 aromatic heterocycles. The molecule has 86 valence electrons. The minimum absolute atomic E-state index is 0.0785. The molecule has 4 heteroatoms. The molecule has 0 bridgehead atoms. The Kier molecular flexibility index (Phi) is 4.08. The van der Waals surface area contributed by atoms with Crippen LogP contribution < -0.4 is 5.32 Å². The number of nitrogens with zero attached hydrogens (tertiary/aromatic N) is 1. The lowest BCUT2D eigenvalue weighted by Crippen LogP contribution is -2.39. The fraction of sp³-hybridized carbons (Fsp3) is 0.818. The van der Waals surface area contributed by atoms with Crippen LogP contribution in [0, 0.1) is 0 Å². The largest absolute Gasteiger partial charge is 0.355 e. The highest BCUT2D eigenvalue weighted by Gasteiger charge is 2.24. The number of rotatable bonds is 6. The van der Waals surface area contributed by atoms with Crippen LogP contribution in [0.15, 0.2) is 0 Å². The fourth-order valence-corrected chi connectivity index (χ4v) is 1.88. The maximum absolute atomic E-state index is 11.5. The van der Waals surface area contributed by atoms with Gasteiger partial charge < -0.3 is 10.1 Å². The summed E-state index contributed by atoms with van der Waals surface area (Å²) in [6, 6.07) is 0.187. The quantitative estimate of drug-likeness (QED) is 0.307. The van der Waals surface area contributed by atoms with Crippen LogP contribution >= 0.6 is 0 Å². The predicted octanol–water partition coefficient (Wildman–Crippen LogP) is 0.566. The first kappa shape index (κ1) is 9.33. The molecule has 1 amide bonds. The van der Waals surface area contributed by atoms with Gasteiger partial charge in [0.05, 0.1) is 6.54 Å². The third-order valence-electron chi connectivity index (χ3n) is 2.70. The molecular formula is C11H20N2O2. The maximum Gasteiger partial charge on any atom is 0.234 e. The van der Waals surface area contributed by atoms with Crippen molar-refractivity contribution in [1.82, 2.24) is 10.2 Å². The van der Waals surface area contributed by atoms with Gasteiger partial charge in [0, 0.05) is 21.7 Å². The molecule has 1 unspecified atom stereocenters. The van der Waals surface area contributed by atoms with Gasteiger partial charge in [-0.1, -0.05) is 6.88 Å². The highest BCUT2D eigenvalue weighted by molar-refractivity contribution is 5.78. The van der Waals surface area contributed by atoms with Gasteiger partial charge >= 0.3 is 0 Å². The first-order chi connectivity index (χ1) is 8.13. The van der Waals surface area contributed by atoms with E-state index in [1.165, 1.54) is 0 Å². The van der Waals surface area contributed by atoms with Gasteiger partial charge in [0.1, 0.15) is 6.29 Å². The summed E-state index contributed by atoms with van der Waals surface area (Å²) in [6.07, 6.45) is 3.62. The molecule has 15 heavy (non-hydrogen) atoms. The molecule has 4 nitrogen and oxygen atoms in total. The standard InChI is InChI=1S/C11H20N2O2/c1-2-10-5-3-7-13(10)9-11(15)12-6-4-8-14/h8,10H,2-7,9H2,1H3,(H,12,15)/i1+1D2,8+1,9+1,12+1,13+1. The number of amides is 1. The van der Waals surface area contributed by atoms with Crippen LogP contribution in [-0.4, -0.2) is 42.8 Å². The van der Waals surface area contributed by atoms with E-state index in [1.807, 2.05) is 4.90 Å². The number of hydrogen-bond acceptors (Lipinski definition) is 3. The van der Waals surface area contributed by atoms with Gasteiger partial charge in [-0.3, -0.25) is 9.69 Å². The second-order valence-corrected chi connectivity index (χ2v) is 3.81. The molecule has 1 heterocycles. The summed E-state index contributed by atoms with van der Waals surface area (Å²) in [5, 5.41) is 2.68. The van der Waals surface area contributed by atoms with E-state index in [9.17, 15) is 9.59 Å². The lowest BCUT2D eigenvalue weighted by atomic mass is 10.2. The molecule has 1 aliphatic heterocycles. The van der Waals surface area contributed by atoms with Gasteiger partial charge in [-0.2, -0.15) is 0 Å². The van der Waals surface area contributed by atoms with Crippen molar-refractivity contribution >= 4 is 12.2 Å². The van der Waals surface area contributed by atoms with Crippen molar-refractivity contribution in [2.75, 3.05) is 19.6 Å². The molecule has 1 saturated heterocycles. The van der Waals surface area contributed by atoms with Gasteiger partial charge in [0.2, 0.25) is 5.91 Å². The van der Waals surface area contributed by atoms with E-state index < -0.39 is 6.88 Å². The highest BCUT2D eigenvalue weighted by atomic mass is 16.2. The van der Waals surface area contributed by atoms with E-state index in [4.69, 9.17) is 2.74 Å². The molecule has 1 fully saturated rings. The zero-order valence-electron chi connectivity index (χ0n) is 10.9. The average Bonchev–Trinajstić information content (AvgIpc) is 2.65. The van der Waals surface area contributed by atoms with Crippen LogP contribution in [0.25, 0.3) is 0 Å². The monoisotopic (exact) mass is 219 g/mol. The van der Waals surface area contributed by atoms with Gasteiger partial charge in [0.15, 0.2) is 0 Å². The number of aldehydes is 1. The lowest BCUT2D eigenvalue weighted by Gasteiger charge is -2.22. The summed E-state index contributed by atoms with van der Waals surface area (Å²) < 4.78 is 14.5. The van der Waals surface area contributed by atoms with Crippen molar-refractivity contribution in [1.29, 1.82) is 0 Å². The minimum atomic E-state index is -0.821. The normalized spacial score (nSPS) is 23.7. The van der Waals surface area contributed by atoms with Gasteiger partial charge in [-0.15, -0.1) is 0 Å². The smallest absolute Gasteiger partial charge is 0.234 e. The molecule has 0 spiro atoms. The number of nitrogens with one attached hydrogen (secondary N) is 1. The summed E-state index contributed by atoms with van der Waals surface area (Å²) in [6.45, 7) is 0.744. The molecular weight excluding hydrogens is 197 g/mol. The molecule has 1 atom stereocenters. The Bertz CT molecular complexity index is 262. The summed E-state index contributed by atoms with van der Waals surface area (Å²) in [4.78, 5) is 23.7. The van der Waals surface area contributed by atoms with E-state index in [2.05, 4.69) is 5.32 Å². The predicted molar refractivity (Wildman–Crippen MR) is 58.6 cm³/mol. The summed E-state index contributed by atoms with van der Waals surface area (Å²) in [5.41, 5.74) is 0. The second-order valence-electron chi connectivity index (χ2n) is 3.81. The summed E-state index contributed by atoms with van der Waals surface area (Å²) in [7, 11) is 0. The van der Waals surface area contributed by atoms with Gasteiger partial charge in [-0.25, -0.2) is 0 Å². The number of carbonyl (C=O) groups excluding carboxylic acids is 2. The van der Waals surface area contributed by atoms with E-state index in [1.54, 1.807) is 0 Å². The zero-order valence-corrected chi connectivity index (χ0v) is 8.95. The zero-order chi connectivity index (χ0) is 12.7. The molecule has 0 aliphatic carbocycles.